The van der Waals surface area contributed by atoms with Gasteiger partial charge < -0.3 is 14.6 Å². The zero-order chi connectivity index (χ0) is 15.1. The molecular weight excluding hydrogens is 264 g/mol. The normalized spacial score (nSPS) is 11.0. The summed E-state index contributed by atoms with van der Waals surface area (Å²) in [5.74, 6) is -0.169. The van der Waals surface area contributed by atoms with Gasteiger partial charge in [0, 0.05) is 18.3 Å². The number of nitrogens with one attached hydrogen (secondary N) is 1. The number of benzene rings is 1. The molecule has 21 heavy (non-hydrogen) atoms. The summed E-state index contributed by atoms with van der Waals surface area (Å²) in [7, 11) is 0. The van der Waals surface area contributed by atoms with Crippen molar-refractivity contribution in [1.82, 2.24) is 9.88 Å². The largest absolute Gasteiger partial charge is 0.464 e. The maximum Gasteiger partial charge on any atom is 0.325 e. The molecule has 0 bridgehead atoms. The first kappa shape index (κ1) is 15.6. The average molecular weight is 288 g/mol. The van der Waals surface area contributed by atoms with Crippen molar-refractivity contribution < 1.29 is 9.53 Å². The van der Waals surface area contributed by atoms with E-state index in [2.05, 4.69) is 37.4 Å². The number of unbranched alkanes of at least 4 members (excludes halogenated alkanes) is 1. The minimum Gasteiger partial charge on any atom is -0.464 e. The molecule has 1 N–H and O–H groups in total. The van der Waals surface area contributed by atoms with Gasteiger partial charge in [0.1, 0.15) is 6.54 Å². The third-order valence-electron chi connectivity index (χ3n) is 3.47. The molecule has 1 aromatic carbocycles. The van der Waals surface area contributed by atoms with Gasteiger partial charge in [-0.2, -0.15) is 0 Å². The van der Waals surface area contributed by atoms with E-state index in [1.807, 2.05) is 16.8 Å². The Labute approximate surface area is 126 Å². The van der Waals surface area contributed by atoms with E-state index in [1.165, 1.54) is 5.56 Å². The fraction of sp³-hybridized carbons (Fsp3) is 0.471. The molecule has 0 radical (unpaired) electrons. The van der Waals surface area contributed by atoms with Gasteiger partial charge in [-0.05, 0) is 42.1 Å². The van der Waals surface area contributed by atoms with Gasteiger partial charge in [0.2, 0.25) is 0 Å². The molecule has 0 aliphatic heterocycles. The Hall–Kier alpha value is -1.81. The van der Waals surface area contributed by atoms with Crippen LogP contribution in [-0.4, -0.2) is 23.7 Å². The number of aromatic nitrogens is 1. The van der Waals surface area contributed by atoms with Crippen molar-refractivity contribution in [2.45, 2.75) is 39.8 Å². The van der Waals surface area contributed by atoms with Crippen LogP contribution in [0.4, 0.5) is 0 Å². The van der Waals surface area contributed by atoms with E-state index in [0.717, 1.165) is 36.8 Å². The number of nitrogens with zero attached hydrogens (tertiary/aromatic N) is 1. The number of rotatable bonds is 8. The van der Waals surface area contributed by atoms with Crippen LogP contribution >= 0.6 is 0 Å². The maximum absolute atomic E-state index is 11.8. The number of carbonyl (C=O) groups is 1. The molecule has 0 saturated carbocycles. The van der Waals surface area contributed by atoms with Crippen LogP contribution in [0.2, 0.25) is 0 Å². The first-order chi connectivity index (χ1) is 10.2. The lowest BCUT2D eigenvalue weighted by Crippen LogP contribution is -2.13. The zero-order valence-electron chi connectivity index (χ0n) is 12.9. The highest BCUT2D eigenvalue weighted by Crippen LogP contribution is 2.18. The smallest absolute Gasteiger partial charge is 0.325 e. The quantitative estimate of drug-likeness (QED) is 0.599. The zero-order valence-corrected chi connectivity index (χ0v) is 12.9. The molecule has 0 unspecified atom stereocenters. The minimum atomic E-state index is -0.169. The van der Waals surface area contributed by atoms with Crippen LogP contribution in [-0.2, 0) is 22.6 Å². The van der Waals surface area contributed by atoms with Crippen molar-refractivity contribution in [2.75, 3.05) is 13.2 Å². The van der Waals surface area contributed by atoms with Crippen LogP contribution in [0.5, 0.6) is 0 Å². The molecule has 0 atom stereocenters. The van der Waals surface area contributed by atoms with Crippen molar-refractivity contribution in [3.05, 3.63) is 36.0 Å². The maximum atomic E-state index is 11.8. The number of carbonyl (C=O) groups excluding carboxylic acids is 1. The predicted molar refractivity (Wildman–Crippen MR) is 85.2 cm³/mol. The molecule has 4 nitrogen and oxygen atoms in total. The highest BCUT2D eigenvalue weighted by molar-refractivity contribution is 5.82. The van der Waals surface area contributed by atoms with Gasteiger partial charge in [-0.3, -0.25) is 4.79 Å². The van der Waals surface area contributed by atoms with Crippen molar-refractivity contribution in [2.24, 2.45) is 0 Å². The second-order valence-electron chi connectivity index (χ2n) is 5.19. The van der Waals surface area contributed by atoms with Crippen LogP contribution in [0.25, 0.3) is 10.9 Å². The van der Waals surface area contributed by atoms with Gasteiger partial charge >= 0.3 is 5.97 Å². The Bertz CT molecular complexity index is 589. The number of hydrogen-bond acceptors (Lipinski definition) is 3. The molecule has 0 aliphatic rings. The Morgan fingerprint density at radius 3 is 2.90 bits per heavy atom. The van der Waals surface area contributed by atoms with E-state index < -0.39 is 0 Å². The molecule has 0 saturated heterocycles. The van der Waals surface area contributed by atoms with Gasteiger partial charge in [0.25, 0.3) is 0 Å². The fourth-order valence-corrected chi connectivity index (χ4v) is 2.28. The predicted octanol–water partition coefficient (Wildman–Crippen LogP) is 3.09. The summed E-state index contributed by atoms with van der Waals surface area (Å²) in [6.07, 6.45) is 3.91. The van der Waals surface area contributed by atoms with Crippen molar-refractivity contribution in [1.29, 1.82) is 0 Å². The van der Waals surface area contributed by atoms with Crippen LogP contribution in [0, 0.1) is 0 Å². The minimum absolute atomic E-state index is 0.169. The number of hydrogen-bond donors (Lipinski definition) is 1. The van der Waals surface area contributed by atoms with Gasteiger partial charge in [-0.1, -0.05) is 26.3 Å². The van der Waals surface area contributed by atoms with Crippen LogP contribution in [0.3, 0.4) is 0 Å². The van der Waals surface area contributed by atoms with E-state index in [0.29, 0.717) is 6.61 Å². The van der Waals surface area contributed by atoms with E-state index in [4.69, 9.17) is 4.74 Å². The highest BCUT2D eigenvalue weighted by atomic mass is 16.5. The molecule has 1 aromatic heterocycles. The van der Waals surface area contributed by atoms with E-state index in [-0.39, 0.29) is 12.5 Å². The van der Waals surface area contributed by atoms with Crippen LogP contribution in [0.15, 0.2) is 30.5 Å². The molecule has 0 amide bonds. The fourth-order valence-electron chi connectivity index (χ4n) is 2.28. The van der Waals surface area contributed by atoms with Crippen LogP contribution in [0.1, 0.15) is 32.3 Å². The molecule has 114 valence electrons. The summed E-state index contributed by atoms with van der Waals surface area (Å²) in [5.41, 5.74) is 2.33. The second-order valence-corrected chi connectivity index (χ2v) is 5.19. The monoisotopic (exact) mass is 288 g/mol. The van der Waals surface area contributed by atoms with E-state index in [1.54, 1.807) is 0 Å². The van der Waals surface area contributed by atoms with Gasteiger partial charge in [-0.25, -0.2) is 0 Å². The lowest BCUT2D eigenvalue weighted by atomic mass is 10.1. The Balaban J connectivity index is 2.02. The SMILES string of the molecule is CCCCOC(=O)Cn1ccc2cc(CNCC)ccc21. The molecule has 1 heterocycles. The topological polar surface area (TPSA) is 43.3 Å². The van der Waals surface area contributed by atoms with Gasteiger partial charge in [-0.15, -0.1) is 0 Å². The Kier molecular flexibility index (Phi) is 5.81. The van der Waals surface area contributed by atoms with Crippen LogP contribution < -0.4 is 5.32 Å². The summed E-state index contributed by atoms with van der Waals surface area (Å²) in [6.45, 7) is 6.80. The molecule has 2 aromatic rings. The third-order valence-corrected chi connectivity index (χ3v) is 3.47. The standard InChI is InChI=1S/C17H24N2O2/c1-3-5-10-21-17(20)13-19-9-8-15-11-14(12-18-4-2)6-7-16(15)19/h6-9,11,18H,3-5,10,12-13H2,1-2H3. The molecule has 0 fully saturated rings. The molecular formula is C17H24N2O2. The Morgan fingerprint density at radius 2 is 2.14 bits per heavy atom. The van der Waals surface area contributed by atoms with Gasteiger partial charge in [0.15, 0.2) is 0 Å². The van der Waals surface area contributed by atoms with Crippen molar-refractivity contribution in [3.8, 4) is 0 Å². The summed E-state index contributed by atoms with van der Waals surface area (Å²) < 4.78 is 7.16. The van der Waals surface area contributed by atoms with Crippen molar-refractivity contribution in [3.63, 3.8) is 0 Å². The summed E-state index contributed by atoms with van der Waals surface area (Å²) in [5, 5.41) is 4.48. The molecule has 2 rings (SSSR count). The van der Waals surface area contributed by atoms with E-state index >= 15 is 0 Å². The number of ether oxygens (including phenoxy) is 1. The van der Waals surface area contributed by atoms with Crippen molar-refractivity contribution >= 4 is 16.9 Å². The first-order valence-corrected chi connectivity index (χ1v) is 7.68. The highest BCUT2D eigenvalue weighted by Gasteiger charge is 2.07. The third kappa shape index (κ3) is 4.33. The lowest BCUT2D eigenvalue weighted by molar-refractivity contribution is -0.144. The molecule has 4 heteroatoms. The summed E-state index contributed by atoms with van der Waals surface area (Å²) in [4.78, 5) is 11.8. The number of esters is 1. The summed E-state index contributed by atoms with van der Waals surface area (Å²) in [6, 6.07) is 8.38. The lowest BCUT2D eigenvalue weighted by Gasteiger charge is -2.07. The van der Waals surface area contributed by atoms with Gasteiger partial charge in [0.05, 0.1) is 6.61 Å². The first-order valence-electron chi connectivity index (χ1n) is 7.68. The second kappa shape index (κ2) is 7.84. The summed E-state index contributed by atoms with van der Waals surface area (Å²) >= 11 is 0. The average Bonchev–Trinajstić information content (AvgIpc) is 2.88. The van der Waals surface area contributed by atoms with E-state index in [9.17, 15) is 4.79 Å². The molecule has 0 spiro atoms. The number of fused-ring (bicyclic) bond motifs is 1. The Morgan fingerprint density at radius 1 is 1.29 bits per heavy atom. The molecule has 0 aliphatic carbocycles.